The van der Waals surface area contributed by atoms with E-state index in [0.717, 1.165) is 0 Å². The smallest absolute Gasteiger partial charge is 0.0602 e. The van der Waals surface area contributed by atoms with E-state index in [-0.39, 0.29) is 5.60 Å². The van der Waals surface area contributed by atoms with Gasteiger partial charge in [-0.2, -0.15) is 0 Å². The van der Waals surface area contributed by atoms with Gasteiger partial charge in [-0.15, -0.1) is 0 Å². The van der Waals surface area contributed by atoms with Crippen LogP contribution < -0.4 is 0 Å². The quantitative estimate of drug-likeness (QED) is 0.627. The maximum absolute atomic E-state index is 6.21. The van der Waals surface area contributed by atoms with Gasteiger partial charge < -0.3 is 4.74 Å². The average molecular weight is 224 g/mol. The summed E-state index contributed by atoms with van der Waals surface area (Å²) in [4.78, 5) is 0. The first-order valence-electron chi connectivity index (χ1n) is 7.17. The molecule has 1 spiro atoms. The first-order chi connectivity index (χ1) is 7.49. The van der Waals surface area contributed by atoms with E-state index in [2.05, 4.69) is 20.8 Å². The maximum Gasteiger partial charge on any atom is 0.0602 e. The molecular weight excluding hydrogens is 196 g/mol. The van der Waals surface area contributed by atoms with Crippen molar-refractivity contribution in [2.24, 2.45) is 5.41 Å². The molecule has 1 unspecified atom stereocenters. The summed E-state index contributed by atoms with van der Waals surface area (Å²) in [5.41, 5.74) is 0.713. The minimum absolute atomic E-state index is 0.0395. The number of rotatable bonds is 1. The summed E-state index contributed by atoms with van der Waals surface area (Å²) >= 11 is 0. The average Bonchev–Trinajstić information content (AvgIpc) is 2.16. The van der Waals surface area contributed by atoms with Gasteiger partial charge in [0.1, 0.15) is 0 Å². The molecule has 2 aliphatic carbocycles. The van der Waals surface area contributed by atoms with Gasteiger partial charge in [-0.05, 0) is 58.3 Å². The van der Waals surface area contributed by atoms with Crippen LogP contribution in [0.15, 0.2) is 0 Å². The summed E-state index contributed by atoms with van der Waals surface area (Å²) in [6.07, 6.45) is 13.3. The summed E-state index contributed by atoms with van der Waals surface area (Å²) in [5, 5.41) is 0. The summed E-state index contributed by atoms with van der Waals surface area (Å²) < 4.78 is 6.21. The van der Waals surface area contributed by atoms with Gasteiger partial charge in [-0.1, -0.05) is 25.7 Å². The van der Waals surface area contributed by atoms with Gasteiger partial charge in [0, 0.05) is 0 Å². The molecule has 1 atom stereocenters. The van der Waals surface area contributed by atoms with Gasteiger partial charge in [-0.3, -0.25) is 0 Å². The fraction of sp³-hybridized carbons (Fsp3) is 1.00. The van der Waals surface area contributed by atoms with Gasteiger partial charge in [-0.25, -0.2) is 0 Å². The second kappa shape index (κ2) is 4.68. The van der Waals surface area contributed by atoms with Gasteiger partial charge >= 0.3 is 0 Å². The third-order valence-electron chi connectivity index (χ3n) is 4.33. The number of hydrogen-bond acceptors (Lipinski definition) is 1. The Hall–Kier alpha value is -0.0400. The normalized spacial score (nSPS) is 30.6. The SMILES string of the molecule is CC(C)(C)OC1CCCC2(CCCCC2)C1. The Kier molecular flexibility index (Phi) is 3.63. The molecule has 0 saturated heterocycles. The first kappa shape index (κ1) is 12.4. The van der Waals surface area contributed by atoms with Crippen LogP contribution in [0, 0.1) is 5.41 Å². The zero-order valence-electron chi connectivity index (χ0n) is 11.3. The van der Waals surface area contributed by atoms with Crippen LogP contribution in [-0.2, 0) is 4.74 Å². The van der Waals surface area contributed by atoms with Crippen LogP contribution in [0.2, 0.25) is 0 Å². The van der Waals surface area contributed by atoms with Crippen LogP contribution in [0.25, 0.3) is 0 Å². The van der Waals surface area contributed by atoms with Crippen LogP contribution in [-0.4, -0.2) is 11.7 Å². The highest BCUT2D eigenvalue weighted by molar-refractivity contribution is 4.89. The third-order valence-corrected chi connectivity index (χ3v) is 4.33. The lowest BCUT2D eigenvalue weighted by atomic mass is 9.64. The molecule has 1 heteroatoms. The van der Waals surface area contributed by atoms with Crippen molar-refractivity contribution < 1.29 is 4.74 Å². The molecule has 0 aromatic rings. The lowest BCUT2D eigenvalue weighted by molar-refractivity contribution is -0.101. The van der Waals surface area contributed by atoms with E-state index in [4.69, 9.17) is 4.74 Å². The summed E-state index contributed by atoms with van der Waals surface area (Å²) in [6, 6.07) is 0. The summed E-state index contributed by atoms with van der Waals surface area (Å²) in [5.74, 6) is 0. The monoisotopic (exact) mass is 224 g/mol. The fourth-order valence-electron chi connectivity index (χ4n) is 3.75. The highest BCUT2D eigenvalue weighted by Crippen LogP contribution is 2.48. The van der Waals surface area contributed by atoms with E-state index in [1.807, 2.05) is 0 Å². The molecule has 0 radical (unpaired) electrons. The van der Waals surface area contributed by atoms with Crippen molar-refractivity contribution in [3.05, 3.63) is 0 Å². The van der Waals surface area contributed by atoms with Crippen molar-refractivity contribution in [3.8, 4) is 0 Å². The minimum atomic E-state index is 0.0395. The Morgan fingerprint density at radius 1 is 0.938 bits per heavy atom. The zero-order chi connectivity index (χ0) is 11.6. The number of hydrogen-bond donors (Lipinski definition) is 0. The standard InChI is InChI=1S/C15H28O/c1-14(2,3)16-13-8-7-11-15(12-13)9-5-4-6-10-15/h13H,4-12H2,1-3H3. The highest BCUT2D eigenvalue weighted by Gasteiger charge is 2.38. The van der Waals surface area contributed by atoms with Crippen LogP contribution in [0.1, 0.15) is 78.6 Å². The minimum Gasteiger partial charge on any atom is -0.373 e. The van der Waals surface area contributed by atoms with Gasteiger partial charge in [0.2, 0.25) is 0 Å². The topological polar surface area (TPSA) is 9.23 Å². The van der Waals surface area contributed by atoms with E-state index < -0.39 is 0 Å². The largest absolute Gasteiger partial charge is 0.373 e. The van der Waals surface area contributed by atoms with Gasteiger partial charge in [0.25, 0.3) is 0 Å². The van der Waals surface area contributed by atoms with Crippen molar-refractivity contribution in [1.82, 2.24) is 0 Å². The van der Waals surface area contributed by atoms with E-state index in [9.17, 15) is 0 Å². The van der Waals surface area contributed by atoms with E-state index in [1.165, 1.54) is 57.8 Å². The molecule has 0 heterocycles. The second-order valence-electron chi connectivity index (χ2n) is 7.01. The van der Waals surface area contributed by atoms with Crippen molar-refractivity contribution in [3.63, 3.8) is 0 Å². The summed E-state index contributed by atoms with van der Waals surface area (Å²) in [6.45, 7) is 6.57. The molecule has 2 rings (SSSR count). The predicted octanol–water partition coefficient (Wildman–Crippen LogP) is 4.69. The summed E-state index contributed by atoms with van der Waals surface area (Å²) in [7, 11) is 0. The van der Waals surface area contributed by atoms with Crippen LogP contribution in [0.3, 0.4) is 0 Å². The molecular formula is C15H28O. The lowest BCUT2D eigenvalue weighted by Crippen LogP contribution is -2.38. The van der Waals surface area contributed by atoms with E-state index in [1.54, 1.807) is 0 Å². The predicted molar refractivity (Wildman–Crippen MR) is 68.6 cm³/mol. The van der Waals surface area contributed by atoms with Crippen LogP contribution in [0.4, 0.5) is 0 Å². The molecule has 16 heavy (non-hydrogen) atoms. The molecule has 0 aliphatic heterocycles. The van der Waals surface area contributed by atoms with E-state index >= 15 is 0 Å². The first-order valence-corrected chi connectivity index (χ1v) is 7.17. The molecule has 0 bridgehead atoms. The molecule has 1 nitrogen and oxygen atoms in total. The van der Waals surface area contributed by atoms with Gasteiger partial charge in [0.15, 0.2) is 0 Å². The van der Waals surface area contributed by atoms with Crippen molar-refractivity contribution in [2.75, 3.05) is 0 Å². The molecule has 2 fully saturated rings. The Morgan fingerprint density at radius 2 is 1.56 bits per heavy atom. The number of ether oxygens (including phenoxy) is 1. The lowest BCUT2D eigenvalue weighted by Gasteiger charge is -2.45. The molecule has 2 aliphatic rings. The van der Waals surface area contributed by atoms with Crippen LogP contribution in [0.5, 0.6) is 0 Å². The van der Waals surface area contributed by atoms with Crippen molar-refractivity contribution in [1.29, 1.82) is 0 Å². The Balaban J connectivity index is 1.92. The maximum atomic E-state index is 6.21. The Bertz CT molecular complexity index is 215. The molecule has 2 saturated carbocycles. The third kappa shape index (κ3) is 3.23. The highest BCUT2D eigenvalue weighted by atomic mass is 16.5. The molecule has 94 valence electrons. The fourth-order valence-corrected chi connectivity index (χ4v) is 3.75. The van der Waals surface area contributed by atoms with E-state index in [0.29, 0.717) is 11.5 Å². The Morgan fingerprint density at radius 3 is 2.19 bits per heavy atom. The van der Waals surface area contributed by atoms with Gasteiger partial charge in [0.05, 0.1) is 11.7 Å². The second-order valence-corrected chi connectivity index (χ2v) is 7.01. The molecule has 0 aromatic heterocycles. The Labute approximate surface area is 101 Å². The molecule has 0 amide bonds. The van der Waals surface area contributed by atoms with Crippen molar-refractivity contribution >= 4 is 0 Å². The molecule has 0 aromatic carbocycles. The zero-order valence-corrected chi connectivity index (χ0v) is 11.3. The molecule has 0 N–H and O–H groups in total. The van der Waals surface area contributed by atoms with Crippen LogP contribution >= 0.6 is 0 Å². The van der Waals surface area contributed by atoms with Crippen molar-refractivity contribution in [2.45, 2.75) is 90.3 Å².